The number of ether oxygens (including phenoxy) is 2. The van der Waals surface area contributed by atoms with Crippen molar-refractivity contribution in [1.82, 2.24) is 14.9 Å². The average Bonchev–Trinajstić information content (AvgIpc) is 3.05. The molecule has 0 bridgehead atoms. The summed E-state index contributed by atoms with van der Waals surface area (Å²) in [6, 6.07) is 8.71. The highest BCUT2D eigenvalue weighted by Crippen LogP contribution is 2.15. The molecule has 0 saturated carbocycles. The minimum Gasteiger partial charge on any atom is -0.382 e. The van der Waals surface area contributed by atoms with E-state index < -0.39 is 0 Å². The van der Waals surface area contributed by atoms with Gasteiger partial charge in [-0.05, 0) is 24.6 Å². The number of hydrogen-bond donors (Lipinski definition) is 1. The van der Waals surface area contributed by atoms with Crippen LogP contribution in [-0.2, 0) is 9.47 Å². The average molecular weight is 289 g/mol. The maximum Gasteiger partial charge on any atom is 0.0991 e. The van der Waals surface area contributed by atoms with Crippen molar-refractivity contribution in [1.29, 1.82) is 0 Å². The second-order valence-electron chi connectivity index (χ2n) is 5.00. The molecular weight excluding hydrogens is 266 g/mol. The van der Waals surface area contributed by atoms with E-state index in [2.05, 4.69) is 41.5 Å². The molecule has 2 rings (SSSR count). The second-order valence-corrected chi connectivity index (χ2v) is 5.00. The fourth-order valence-electron chi connectivity index (χ4n) is 2.17. The van der Waals surface area contributed by atoms with E-state index in [9.17, 15) is 0 Å². The Morgan fingerprint density at radius 3 is 2.57 bits per heavy atom. The molecule has 0 aliphatic heterocycles. The van der Waals surface area contributed by atoms with Crippen LogP contribution in [0.25, 0.3) is 5.69 Å². The number of rotatable bonds is 8. The summed E-state index contributed by atoms with van der Waals surface area (Å²) in [5.74, 6) is 0. The molecule has 0 aliphatic rings. The molecule has 0 saturated heterocycles. The number of nitrogens with zero attached hydrogens (tertiary/aromatic N) is 2. The van der Waals surface area contributed by atoms with E-state index in [-0.39, 0.29) is 12.1 Å². The SMILES string of the molecule is COCC(CNC(C)c1ccc(-n2ccnc2)cc1)OC. The highest BCUT2D eigenvalue weighted by molar-refractivity contribution is 5.35. The lowest BCUT2D eigenvalue weighted by Gasteiger charge is -2.19. The van der Waals surface area contributed by atoms with Crippen LogP contribution in [0, 0.1) is 0 Å². The molecule has 1 N–H and O–H groups in total. The lowest BCUT2D eigenvalue weighted by atomic mass is 10.1. The van der Waals surface area contributed by atoms with Gasteiger partial charge in [-0.3, -0.25) is 0 Å². The van der Waals surface area contributed by atoms with E-state index >= 15 is 0 Å². The molecule has 1 heterocycles. The number of methoxy groups -OCH3 is 2. The summed E-state index contributed by atoms with van der Waals surface area (Å²) in [5, 5.41) is 3.46. The third-order valence-electron chi connectivity index (χ3n) is 3.53. The van der Waals surface area contributed by atoms with Crippen molar-refractivity contribution >= 4 is 0 Å². The maximum atomic E-state index is 5.35. The molecule has 0 amide bonds. The molecule has 2 unspecified atom stereocenters. The number of benzene rings is 1. The van der Waals surface area contributed by atoms with E-state index in [1.54, 1.807) is 26.7 Å². The van der Waals surface area contributed by atoms with E-state index in [0.717, 1.165) is 12.2 Å². The van der Waals surface area contributed by atoms with Crippen LogP contribution >= 0.6 is 0 Å². The monoisotopic (exact) mass is 289 g/mol. The van der Waals surface area contributed by atoms with Crippen LogP contribution in [0.2, 0.25) is 0 Å². The van der Waals surface area contributed by atoms with E-state index in [1.807, 2.05) is 10.8 Å². The zero-order chi connectivity index (χ0) is 15.1. The standard InChI is InChI=1S/C16H23N3O2/c1-13(18-10-16(21-3)11-20-2)14-4-6-15(7-5-14)19-9-8-17-12-19/h4-9,12-13,16,18H,10-11H2,1-3H3. The van der Waals surface area contributed by atoms with Crippen LogP contribution in [0.5, 0.6) is 0 Å². The Balaban J connectivity index is 1.92. The molecule has 1 aromatic heterocycles. The van der Waals surface area contributed by atoms with Gasteiger partial charge in [-0.25, -0.2) is 4.98 Å². The Kier molecular flexibility index (Phi) is 5.92. The first-order chi connectivity index (χ1) is 10.2. The molecule has 0 spiro atoms. The topological polar surface area (TPSA) is 48.3 Å². The second kappa shape index (κ2) is 7.93. The summed E-state index contributed by atoms with van der Waals surface area (Å²) in [5.41, 5.74) is 2.35. The van der Waals surface area contributed by atoms with Crippen LogP contribution in [0.3, 0.4) is 0 Å². The van der Waals surface area contributed by atoms with Gasteiger partial charge in [-0.1, -0.05) is 12.1 Å². The molecule has 114 valence electrons. The third kappa shape index (κ3) is 4.39. The summed E-state index contributed by atoms with van der Waals surface area (Å²) >= 11 is 0. The number of imidazole rings is 1. The first-order valence-electron chi connectivity index (χ1n) is 7.08. The lowest BCUT2D eigenvalue weighted by molar-refractivity contribution is 0.0276. The van der Waals surface area contributed by atoms with E-state index in [0.29, 0.717) is 6.61 Å². The normalized spacial score (nSPS) is 14.0. The summed E-state index contributed by atoms with van der Waals surface area (Å²) in [6.07, 6.45) is 5.58. The fourth-order valence-corrected chi connectivity index (χ4v) is 2.17. The zero-order valence-electron chi connectivity index (χ0n) is 12.8. The third-order valence-corrected chi connectivity index (χ3v) is 3.53. The molecule has 0 aliphatic carbocycles. The predicted octanol–water partition coefficient (Wildman–Crippen LogP) is 2.18. The van der Waals surface area contributed by atoms with Crippen LogP contribution in [0.15, 0.2) is 43.0 Å². The van der Waals surface area contributed by atoms with Crippen LogP contribution in [0.1, 0.15) is 18.5 Å². The fraction of sp³-hybridized carbons (Fsp3) is 0.438. The van der Waals surface area contributed by atoms with Gasteiger partial charge in [0, 0.05) is 44.9 Å². The predicted molar refractivity (Wildman–Crippen MR) is 82.7 cm³/mol. The smallest absolute Gasteiger partial charge is 0.0991 e. The van der Waals surface area contributed by atoms with Gasteiger partial charge in [0.25, 0.3) is 0 Å². The van der Waals surface area contributed by atoms with Gasteiger partial charge in [0.2, 0.25) is 0 Å². The number of aromatic nitrogens is 2. The molecule has 2 aromatic rings. The molecule has 1 aromatic carbocycles. The number of nitrogens with one attached hydrogen (secondary N) is 1. The first-order valence-corrected chi connectivity index (χ1v) is 7.08. The van der Waals surface area contributed by atoms with Crippen molar-refractivity contribution in [3.8, 4) is 5.69 Å². The van der Waals surface area contributed by atoms with Crippen LogP contribution < -0.4 is 5.32 Å². The summed E-state index contributed by atoms with van der Waals surface area (Å²) in [4.78, 5) is 4.06. The Morgan fingerprint density at radius 2 is 2.00 bits per heavy atom. The Labute approximate surface area is 125 Å². The quantitative estimate of drug-likeness (QED) is 0.809. The molecule has 0 fully saturated rings. The van der Waals surface area contributed by atoms with Gasteiger partial charge in [-0.15, -0.1) is 0 Å². The molecule has 0 radical (unpaired) electrons. The molecular formula is C16H23N3O2. The van der Waals surface area contributed by atoms with E-state index in [1.165, 1.54) is 5.56 Å². The zero-order valence-corrected chi connectivity index (χ0v) is 12.8. The first kappa shape index (κ1) is 15.7. The van der Waals surface area contributed by atoms with Gasteiger partial charge >= 0.3 is 0 Å². The Hall–Kier alpha value is -1.69. The van der Waals surface area contributed by atoms with Gasteiger partial charge in [0.1, 0.15) is 0 Å². The lowest BCUT2D eigenvalue weighted by Crippen LogP contribution is -2.33. The minimum atomic E-state index is 0.0719. The van der Waals surface area contributed by atoms with E-state index in [4.69, 9.17) is 9.47 Å². The largest absolute Gasteiger partial charge is 0.382 e. The highest BCUT2D eigenvalue weighted by atomic mass is 16.5. The summed E-state index contributed by atoms with van der Waals surface area (Å²) < 4.78 is 12.5. The minimum absolute atomic E-state index is 0.0719. The van der Waals surface area contributed by atoms with Crippen molar-refractivity contribution in [3.05, 3.63) is 48.5 Å². The van der Waals surface area contributed by atoms with Crippen molar-refractivity contribution in [2.45, 2.75) is 19.1 Å². The van der Waals surface area contributed by atoms with Gasteiger partial charge < -0.3 is 19.4 Å². The van der Waals surface area contributed by atoms with Crippen LogP contribution in [0.4, 0.5) is 0 Å². The van der Waals surface area contributed by atoms with Crippen molar-refractivity contribution in [2.75, 3.05) is 27.4 Å². The number of hydrogen-bond acceptors (Lipinski definition) is 4. The maximum absolute atomic E-state index is 5.35. The molecule has 2 atom stereocenters. The highest BCUT2D eigenvalue weighted by Gasteiger charge is 2.10. The van der Waals surface area contributed by atoms with Gasteiger partial charge in [0.05, 0.1) is 19.0 Å². The Morgan fingerprint density at radius 1 is 1.24 bits per heavy atom. The van der Waals surface area contributed by atoms with Crippen molar-refractivity contribution in [2.24, 2.45) is 0 Å². The summed E-state index contributed by atoms with van der Waals surface area (Å²) in [6.45, 7) is 3.50. The van der Waals surface area contributed by atoms with Crippen molar-refractivity contribution in [3.63, 3.8) is 0 Å². The molecule has 5 nitrogen and oxygen atoms in total. The van der Waals surface area contributed by atoms with Crippen LogP contribution in [-0.4, -0.2) is 43.0 Å². The van der Waals surface area contributed by atoms with Gasteiger partial charge in [0.15, 0.2) is 0 Å². The van der Waals surface area contributed by atoms with Crippen molar-refractivity contribution < 1.29 is 9.47 Å². The van der Waals surface area contributed by atoms with Gasteiger partial charge in [-0.2, -0.15) is 0 Å². The Bertz CT molecular complexity index is 511. The summed E-state index contributed by atoms with van der Waals surface area (Å²) in [7, 11) is 3.39. The molecule has 5 heteroatoms. The molecule has 21 heavy (non-hydrogen) atoms.